The van der Waals surface area contributed by atoms with Gasteiger partial charge in [-0.3, -0.25) is 0 Å². The molecule has 102 valence electrons. The third kappa shape index (κ3) is 2.43. The molecule has 1 aliphatic rings. The van der Waals surface area contributed by atoms with Gasteiger partial charge in [0.1, 0.15) is 5.65 Å². The SMILES string of the molecule is NCCc1c(N2CCCOCC2)nc2ccccn12. The number of nitrogens with two attached hydrogens (primary N) is 1. The monoisotopic (exact) mass is 260 g/mol. The van der Waals surface area contributed by atoms with Crippen LogP contribution in [0.25, 0.3) is 5.65 Å². The van der Waals surface area contributed by atoms with Crippen LogP contribution in [0.3, 0.4) is 0 Å². The first-order valence-electron chi connectivity index (χ1n) is 6.89. The first-order chi connectivity index (χ1) is 9.40. The highest BCUT2D eigenvalue weighted by atomic mass is 16.5. The van der Waals surface area contributed by atoms with Crippen LogP contribution in [0.2, 0.25) is 0 Å². The Morgan fingerprint density at radius 2 is 2.21 bits per heavy atom. The molecule has 0 unspecified atom stereocenters. The Balaban J connectivity index is 2.02. The molecule has 3 rings (SSSR count). The van der Waals surface area contributed by atoms with Gasteiger partial charge in [-0.1, -0.05) is 6.07 Å². The summed E-state index contributed by atoms with van der Waals surface area (Å²) in [6, 6.07) is 6.09. The highest BCUT2D eigenvalue weighted by Crippen LogP contribution is 2.23. The van der Waals surface area contributed by atoms with Crippen LogP contribution in [0.15, 0.2) is 24.4 Å². The standard InChI is InChI=1S/C14H20N4O/c15-6-5-12-14(17-7-3-10-19-11-9-17)16-13-4-1-2-8-18(12)13/h1-2,4,8H,3,5-7,9-11,15H2. The number of rotatable bonds is 3. The van der Waals surface area contributed by atoms with Crippen molar-refractivity contribution in [1.82, 2.24) is 9.38 Å². The lowest BCUT2D eigenvalue weighted by Crippen LogP contribution is -2.27. The maximum atomic E-state index is 5.76. The molecule has 0 radical (unpaired) electrons. The quantitative estimate of drug-likeness (QED) is 0.896. The lowest BCUT2D eigenvalue weighted by atomic mass is 10.2. The Morgan fingerprint density at radius 1 is 1.26 bits per heavy atom. The molecule has 19 heavy (non-hydrogen) atoms. The maximum absolute atomic E-state index is 5.76. The van der Waals surface area contributed by atoms with Crippen LogP contribution >= 0.6 is 0 Å². The highest BCUT2D eigenvalue weighted by molar-refractivity contribution is 5.56. The lowest BCUT2D eigenvalue weighted by molar-refractivity contribution is 0.152. The molecule has 0 bridgehead atoms. The van der Waals surface area contributed by atoms with E-state index in [-0.39, 0.29) is 0 Å². The number of fused-ring (bicyclic) bond motifs is 1. The average molecular weight is 260 g/mol. The highest BCUT2D eigenvalue weighted by Gasteiger charge is 2.18. The minimum absolute atomic E-state index is 0.639. The zero-order valence-corrected chi connectivity index (χ0v) is 11.1. The van der Waals surface area contributed by atoms with Crippen LogP contribution in [0.1, 0.15) is 12.1 Å². The van der Waals surface area contributed by atoms with Gasteiger partial charge in [-0.05, 0) is 25.1 Å². The summed E-state index contributed by atoms with van der Waals surface area (Å²) in [5.74, 6) is 1.07. The number of ether oxygens (including phenoxy) is 1. The summed E-state index contributed by atoms with van der Waals surface area (Å²) in [6.07, 6.45) is 3.96. The summed E-state index contributed by atoms with van der Waals surface area (Å²) < 4.78 is 7.67. The van der Waals surface area contributed by atoms with Crippen LogP contribution in [-0.4, -0.2) is 42.2 Å². The molecule has 1 aliphatic heterocycles. The van der Waals surface area contributed by atoms with E-state index in [1.807, 2.05) is 18.2 Å². The van der Waals surface area contributed by atoms with Crippen LogP contribution in [0.5, 0.6) is 0 Å². The van der Waals surface area contributed by atoms with Gasteiger partial charge in [0.15, 0.2) is 5.82 Å². The molecule has 1 fully saturated rings. The molecule has 0 spiro atoms. The molecule has 2 aromatic rings. The molecule has 0 atom stereocenters. The predicted octanol–water partition coefficient (Wildman–Crippen LogP) is 1.06. The van der Waals surface area contributed by atoms with E-state index in [1.165, 1.54) is 5.69 Å². The van der Waals surface area contributed by atoms with E-state index in [9.17, 15) is 0 Å². The summed E-state index contributed by atoms with van der Waals surface area (Å²) in [5, 5.41) is 0. The third-order valence-corrected chi connectivity index (χ3v) is 3.51. The maximum Gasteiger partial charge on any atom is 0.151 e. The van der Waals surface area contributed by atoms with Gasteiger partial charge in [-0.15, -0.1) is 0 Å². The predicted molar refractivity (Wildman–Crippen MR) is 75.6 cm³/mol. The van der Waals surface area contributed by atoms with Crippen molar-refractivity contribution in [1.29, 1.82) is 0 Å². The Bertz CT molecular complexity index is 543. The molecule has 2 N–H and O–H groups in total. The zero-order valence-electron chi connectivity index (χ0n) is 11.1. The van der Waals surface area contributed by atoms with Crippen molar-refractivity contribution >= 4 is 11.5 Å². The Kier molecular flexibility index (Phi) is 3.66. The van der Waals surface area contributed by atoms with Gasteiger partial charge >= 0.3 is 0 Å². The lowest BCUT2D eigenvalue weighted by Gasteiger charge is -2.20. The number of pyridine rings is 1. The van der Waals surface area contributed by atoms with E-state index in [2.05, 4.69) is 15.5 Å². The second-order valence-electron chi connectivity index (χ2n) is 4.80. The van der Waals surface area contributed by atoms with E-state index in [4.69, 9.17) is 15.5 Å². The van der Waals surface area contributed by atoms with Crippen molar-refractivity contribution in [2.45, 2.75) is 12.8 Å². The third-order valence-electron chi connectivity index (χ3n) is 3.51. The number of nitrogens with zero attached hydrogens (tertiary/aromatic N) is 3. The van der Waals surface area contributed by atoms with Crippen molar-refractivity contribution in [3.8, 4) is 0 Å². The molecule has 5 nitrogen and oxygen atoms in total. The topological polar surface area (TPSA) is 55.8 Å². The summed E-state index contributed by atoms with van der Waals surface area (Å²) in [5.41, 5.74) is 7.96. The van der Waals surface area contributed by atoms with Gasteiger partial charge < -0.3 is 19.8 Å². The molecule has 1 saturated heterocycles. The largest absolute Gasteiger partial charge is 0.380 e. The normalized spacial score (nSPS) is 16.8. The second kappa shape index (κ2) is 5.59. The van der Waals surface area contributed by atoms with E-state index in [0.717, 1.165) is 50.6 Å². The van der Waals surface area contributed by atoms with Crippen molar-refractivity contribution in [2.24, 2.45) is 5.73 Å². The fourth-order valence-electron chi connectivity index (χ4n) is 2.61. The zero-order chi connectivity index (χ0) is 13.1. The van der Waals surface area contributed by atoms with Crippen molar-refractivity contribution in [3.05, 3.63) is 30.1 Å². The fourth-order valence-corrected chi connectivity index (χ4v) is 2.61. The van der Waals surface area contributed by atoms with Gasteiger partial charge in [0.05, 0.1) is 12.3 Å². The van der Waals surface area contributed by atoms with E-state index in [1.54, 1.807) is 0 Å². The number of hydrogen-bond acceptors (Lipinski definition) is 4. The Hall–Kier alpha value is -1.59. The van der Waals surface area contributed by atoms with Gasteiger partial charge in [0.2, 0.25) is 0 Å². The number of anilines is 1. The van der Waals surface area contributed by atoms with Gasteiger partial charge in [0, 0.05) is 32.3 Å². The van der Waals surface area contributed by atoms with Gasteiger partial charge in [-0.25, -0.2) is 4.98 Å². The van der Waals surface area contributed by atoms with E-state index < -0.39 is 0 Å². The molecule has 0 saturated carbocycles. The molecule has 0 amide bonds. The first-order valence-corrected chi connectivity index (χ1v) is 6.89. The van der Waals surface area contributed by atoms with E-state index >= 15 is 0 Å². The molecule has 5 heteroatoms. The van der Waals surface area contributed by atoms with Crippen LogP contribution in [0.4, 0.5) is 5.82 Å². The minimum atomic E-state index is 0.639. The molecule has 0 aromatic carbocycles. The molecule has 0 aliphatic carbocycles. The van der Waals surface area contributed by atoms with Crippen LogP contribution < -0.4 is 10.6 Å². The minimum Gasteiger partial charge on any atom is -0.380 e. The molecule has 2 aromatic heterocycles. The van der Waals surface area contributed by atoms with Crippen molar-refractivity contribution in [3.63, 3.8) is 0 Å². The fraction of sp³-hybridized carbons (Fsp3) is 0.500. The first kappa shape index (κ1) is 12.4. The Morgan fingerprint density at radius 3 is 3.11 bits per heavy atom. The molecular weight excluding hydrogens is 240 g/mol. The van der Waals surface area contributed by atoms with Crippen LogP contribution in [-0.2, 0) is 11.2 Å². The second-order valence-corrected chi connectivity index (χ2v) is 4.80. The smallest absolute Gasteiger partial charge is 0.151 e. The van der Waals surface area contributed by atoms with Gasteiger partial charge in [0.25, 0.3) is 0 Å². The summed E-state index contributed by atoms with van der Waals surface area (Å²) in [6.45, 7) is 4.16. The van der Waals surface area contributed by atoms with E-state index in [0.29, 0.717) is 6.54 Å². The molecular formula is C14H20N4O. The summed E-state index contributed by atoms with van der Waals surface area (Å²) in [4.78, 5) is 7.10. The van der Waals surface area contributed by atoms with Crippen LogP contribution in [0, 0.1) is 0 Å². The van der Waals surface area contributed by atoms with Crippen molar-refractivity contribution < 1.29 is 4.74 Å². The molecule has 3 heterocycles. The van der Waals surface area contributed by atoms with Gasteiger partial charge in [-0.2, -0.15) is 0 Å². The number of hydrogen-bond donors (Lipinski definition) is 1. The summed E-state index contributed by atoms with van der Waals surface area (Å²) >= 11 is 0. The number of imidazole rings is 1. The van der Waals surface area contributed by atoms with Crippen molar-refractivity contribution in [2.75, 3.05) is 37.7 Å². The Labute approximate surface area is 113 Å². The number of aromatic nitrogens is 2. The summed E-state index contributed by atoms with van der Waals surface area (Å²) in [7, 11) is 0. The average Bonchev–Trinajstić information content (AvgIpc) is 2.64.